The van der Waals surface area contributed by atoms with Crippen LogP contribution in [0.5, 0.6) is 0 Å². The van der Waals surface area contributed by atoms with E-state index in [-0.39, 0.29) is 18.0 Å². The Hall–Kier alpha value is -3.29. The fourth-order valence-electron chi connectivity index (χ4n) is 6.09. The van der Waals surface area contributed by atoms with Gasteiger partial charge in [-0.25, -0.2) is 4.98 Å². The third-order valence-corrected chi connectivity index (χ3v) is 8.45. The Morgan fingerprint density at radius 1 is 1.05 bits per heavy atom. The maximum absolute atomic E-state index is 13.4. The summed E-state index contributed by atoms with van der Waals surface area (Å²) in [7, 11) is 0. The summed E-state index contributed by atoms with van der Waals surface area (Å²) in [5.41, 5.74) is 4.71. The number of hydrogen-bond acceptors (Lipinski definition) is 5. The highest BCUT2D eigenvalue weighted by Gasteiger charge is 2.35. The number of rotatable bonds is 4. The summed E-state index contributed by atoms with van der Waals surface area (Å²) in [5.74, 6) is -0.0482. The van der Waals surface area contributed by atoms with Gasteiger partial charge in [0.05, 0.1) is 34.9 Å². The Bertz CT molecular complexity index is 1620. The molecule has 196 valence electrons. The first-order chi connectivity index (χ1) is 18.3. The van der Waals surface area contributed by atoms with Gasteiger partial charge in [-0.05, 0) is 86.4 Å². The van der Waals surface area contributed by atoms with Gasteiger partial charge in [0.1, 0.15) is 0 Å². The van der Waals surface area contributed by atoms with Crippen molar-refractivity contribution in [1.29, 1.82) is 0 Å². The molecule has 2 aromatic heterocycles. The maximum atomic E-state index is 13.4. The Kier molecular flexibility index (Phi) is 6.44. The van der Waals surface area contributed by atoms with E-state index < -0.39 is 5.60 Å². The number of piperidine rings is 1. The minimum absolute atomic E-state index is 0.0482. The van der Waals surface area contributed by atoms with Crippen LogP contribution in [0.4, 0.5) is 0 Å². The predicted octanol–water partition coefficient (Wildman–Crippen LogP) is 4.71. The summed E-state index contributed by atoms with van der Waals surface area (Å²) in [6, 6.07) is 10.9. The molecular formula is C30H31ClN4O3. The minimum atomic E-state index is -1.09. The van der Waals surface area contributed by atoms with Crippen LogP contribution in [0.2, 0.25) is 5.02 Å². The lowest BCUT2D eigenvalue weighted by molar-refractivity contribution is -0.0299. The third-order valence-electron chi connectivity index (χ3n) is 8.22. The molecule has 1 saturated heterocycles. The van der Waals surface area contributed by atoms with Crippen LogP contribution in [0.1, 0.15) is 59.8 Å². The van der Waals surface area contributed by atoms with Gasteiger partial charge < -0.3 is 10.0 Å². The molecule has 4 aromatic rings. The second kappa shape index (κ2) is 9.79. The summed E-state index contributed by atoms with van der Waals surface area (Å²) in [5, 5.41) is 13.4. The number of pyridine rings is 1. The second-order valence-corrected chi connectivity index (χ2v) is 11.1. The molecule has 6 rings (SSSR count). The Morgan fingerprint density at radius 3 is 2.61 bits per heavy atom. The number of carbonyl (C=O) groups excluding carboxylic acids is 1. The molecule has 1 aliphatic heterocycles. The van der Waals surface area contributed by atoms with Gasteiger partial charge >= 0.3 is 0 Å². The second-order valence-electron chi connectivity index (χ2n) is 10.7. The number of amides is 1. The molecule has 7 nitrogen and oxygen atoms in total. The lowest BCUT2D eigenvalue weighted by atomic mass is 9.88. The number of aryl methyl sites for hydroxylation is 2. The highest BCUT2D eigenvalue weighted by Crippen LogP contribution is 2.31. The first-order valence-corrected chi connectivity index (χ1v) is 13.8. The molecule has 0 saturated carbocycles. The molecule has 2 aliphatic rings. The van der Waals surface area contributed by atoms with Crippen LogP contribution in [0.15, 0.2) is 47.5 Å². The summed E-state index contributed by atoms with van der Waals surface area (Å²) in [6.07, 6.45) is 7.65. The molecular weight excluding hydrogens is 500 g/mol. The number of aromatic nitrogens is 3. The zero-order valence-corrected chi connectivity index (χ0v) is 22.3. The maximum Gasteiger partial charge on any atom is 0.261 e. The monoisotopic (exact) mass is 530 g/mol. The number of nitrogens with zero attached hydrogens (tertiary/aromatic N) is 4. The first-order valence-electron chi connectivity index (χ1n) is 13.5. The summed E-state index contributed by atoms with van der Waals surface area (Å²) in [4.78, 5) is 37.5. The molecule has 8 heteroatoms. The van der Waals surface area contributed by atoms with Crippen LogP contribution < -0.4 is 5.56 Å². The predicted molar refractivity (Wildman–Crippen MR) is 149 cm³/mol. The average Bonchev–Trinajstić information content (AvgIpc) is 2.93. The van der Waals surface area contributed by atoms with Gasteiger partial charge in [0.25, 0.3) is 11.5 Å². The molecule has 2 aromatic carbocycles. The highest BCUT2D eigenvalue weighted by atomic mass is 35.5. The largest absolute Gasteiger partial charge is 0.388 e. The molecule has 0 radical (unpaired) electrons. The Morgan fingerprint density at radius 2 is 1.82 bits per heavy atom. The van der Waals surface area contributed by atoms with Gasteiger partial charge in [0.2, 0.25) is 0 Å². The van der Waals surface area contributed by atoms with E-state index in [1.54, 1.807) is 23.1 Å². The third kappa shape index (κ3) is 4.48. The highest BCUT2D eigenvalue weighted by molar-refractivity contribution is 6.31. The van der Waals surface area contributed by atoms with Crippen LogP contribution in [-0.4, -0.2) is 49.1 Å². The van der Waals surface area contributed by atoms with Crippen molar-refractivity contribution in [3.63, 3.8) is 0 Å². The fraction of sp³-hybridized carbons (Fsp3) is 0.400. The van der Waals surface area contributed by atoms with E-state index in [2.05, 4.69) is 18.0 Å². The smallest absolute Gasteiger partial charge is 0.261 e. The SMILES string of the molecule is CCc1c2c(nc3cc(C(=O)N4CCC(O)(Cn5cnc6cc(Cl)ccc6c5=O)CC4)ccc13)CCCC2. The van der Waals surface area contributed by atoms with Gasteiger partial charge in [0, 0.05) is 34.8 Å². The number of halogens is 1. The van der Waals surface area contributed by atoms with Crippen molar-refractivity contribution >= 4 is 39.3 Å². The molecule has 1 fully saturated rings. The molecule has 38 heavy (non-hydrogen) atoms. The van der Waals surface area contributed by atoms with Crippen molar-refractivity contribution in [2.75, 3.05) is 13.1 Å². The number of aliphatic hydroxyl groups is 1. The molecule has 1 N–H and O–H groups in total. The Labute approximate surface area is 226 Å². The van der Waals surface area contributed by atoms with Crippen molar-refractivity contribution in [1.82, 2.24) is 19.4 Å². The van der Waals surface area contributed by atoms with Crippen LogP contribution in [0, 0.1) is 0 Å². The molecule has 0 unspecified atom stereocenters. The molecule has 1 aliphatic carbocycles. The first kappa shape index (κ1) is 25.0. The van der Waals surface area contributed by atoms with E-state index >= 15 is 0 Å². The number of carbonyl (C=O) groups is 1. The quantitative estimate of drug-likeness (QED) is 0.413. The molecule has 0 bridgehead atoms. The molecule has 3 heterocycles. The molecule has 1 amide bonds. The number of likely N-dealkylation sites (tertiary alicyclic amines) is 1. The van der Waals surface area contributed by atoms with Crippen LogP contribution in [-0.2, 0) is 25.8 Å². The lowest BCUT2D eigenvalue weighted by Crippen LogP contribution is -2.49. The van der Waals surface area contributed by atoms with Crippen LogP contribution in [0.3, 0.4) is 0 Å². The summed E-state index contributed by atoms with van der Waals surface area (Å²) >= 11 is 6.02. The minimum Gasteiger partial charge on any atom is -0.388 e. The standard InChI is InChI=1S/C30H31ClN4O3/c1-2-21-22-5-3-4-6-25(22)33-27-15-19(7-9-23(21)27)28(36)34-13-11-30(38,12-14-34)17-35-18-32-26-16-20(31)8-10-24(26)29(35)37/h7-10,15-16,18,38H,2-6,11-14,17H2,1H3. The molecule has 0 atom stereocenters. The Balaban J connectivity index is 1.19. The van der Waals surface area contributed by atoms with Gasteiger partial charge in [0.15, 0.2) is 0 Å². The van der Waals surface area contributed by atoms with Crippen LogP contribution >= 0.6 is 11.6 Å². The van der Waals surface area contributed by atoms with Crippen molar-refractivity contribution in [3.05, 3.63) is 80.5 Å². The number of benzene rings is 2. The fourth-order valence-corrected chi connectivity index (χ4v) is 6.26. The summed E-state index contributed by atoms with van der Waals surface area (Å²) < 4.78 is 1.45. The molecule has 0 spiro atoms. The van der Waals surface area contributed by atoms with Gasteiger partial charge in [-0.15, -0.1) is 0 Å². The van der Waals surface area contributed by atoms with Crippen molar-refractivity contribution in [2.24, 2.45) is 0 Å². The topological polar surface area (TPSA) is 88.3 Å². The number of fused-ring (bicyclic) bond motifs is 3. The zero-order valence-electron chi connectivity index (χ0n) is 21.5. The van der Waals surface area contributed by atoms with Gasteiger partial charge in [-0.2, -0.15) is 0 Å². The van der Waals surface area contributed by atoms with Crippen molar-refractivity contribution in [3.8, 4) is 0 Å². The van der Waals surface area contributed by atoms with E-state index in [1.807, 2.05) is 12.1 Å². The van der Waals surface area contributed by atoms with Gasteiger partial charge in [-0.1, -0.05) is 24.6 Å². The van der Waals surface area contributed by atoms with Crippen LogP contribution in [0.25, 0.3) is 21.8 Å². The zero-order chi connectivity index (χ0) is 26.4. The van der Waals surface area contributed by atoms with E-state index in [0.717, 1.165) is 30.2 Å². The van der Waals surface area contributed by atoms with E-state index in [9.17, 15) is 14.7 Å². The lowest BCUT2D eigenvalue weighted by Gasteiger charge is -2.38. The van der Waals surface area contributed by atoms with Crippen molar-refractivity contribution in [2.45, 2.75) is 64.0 Å². The van der Waals surface area contributed by atoms with E-state index in [0.29, 0.717) is 47.4 Å². The normalized spacial score (nSPS) is 17.1. The van der Waals surface area contributed by atoms with E-state index in [4.69, 9.17) is 16.6 Å². The van der Waals surface area contributed by atoms with Gasteiger partial charge in [-0.3, -0.25) is 19.1 Å². The average molecular weight is 531 g/mol. The summed E-state index contributed by atoms with van der Waals surface area (Å²) in [6.45, 7) is 3.15. The van der Waals surface area contributed by atoms with E-state index in [1.165, 1.54) is 40.6 Å². The number of hydrogen-bond donors (Lipinski definition) is 1. The van der Waals surface area contributed by atoms with Crippen molar-refractivity contribution < 1.29 is 9.90 Å².